The molecule has 0 bridgehead atoms. The van der Waals surface area contributed by atoms with Crippen LogP contribution in [0.2, 0.25) is 5.02 Å². The number of amides is 1. The van der Waals surface area contributed by atoms with E-state index < -0.39 is 0 Å². The number of hydrogen-bond acceptors (Lipinski definition) is 4. The zero-order valence-corrected chi connectivity index (χ0v) is 19.0. The number of halogens is 2. The van der Waals surface area contributed by atoms with E-state index in [0.717, 1.165) is 24.2 Å². The van der Waals surface area contributed by atoms with Gasteiger partial charge in [0.05, 0.1) is 19.2 Å². The molecule has 3 rings (SSSR count). The van der Waals surface area contributed by atoms with E-state index in [1.807, 2.05) is 11.8 Å². The summed E-state index contributed by atoms with van der Waals surface area (Å²) in [5.41, 5.74) is 1.82. The number of hydrogen-bond donors (Lipinski definition) is 0. The van der Waals surface area contributed by atoms with Crippen LogP contribution in [0.4, 0.5) is 4.39 Å². The Morgan fingerprint density at radius 1 is 1.13 bits per heavy atom. The highest BCUT2D eigenvalue weighted by Crippen LogP contribution is 2.36. The fourth-order valence-corrected chi connectivity index (χ4v) is 4.14. The molecular weight excluding hydrogens is 419 g/mol. The van der Waals surface area contributed by atoms with Gasteiger partial charge in [0.1, 0.15) is 5.82 Å². The van der Waals surface area contributed by atoms with E-state index in [-0.39, 0.29) is 23.8 Å². The van der Waals surface area contributed by atoms with Gasteiger partial charge in [-0.15, -0.1) is 0 Å². The van der Waals surface area contributed by atoms with Crippen molar-refractivity contribution in [1.82, 2.24) is 9.80 Å². The molecule has 0 N–H and O–H groups in total. The van der Waals surface area contributed by atoms with Crippen molar-refractivity contribution >= 4 is 23.6 Å². The highest BCUT2D eigenvalue weighted by molar-refractivity contribution is 6.32. The summed E-state index contributed by atoms with van der Waals surface area (Å²) in [6.07, 6.45) is 3.30. The number of carbonyl (C=O) groups is 1. The smallest absolute Gasteiger partial charge is 0.246 e. The van der Waals surface area contributed by atoms with Crippen LogP contribution in [0.5, 0.6) is 11.5 Å². The minimum atomic E-state index is -0.233. The predicted octanol–water partition coefficient (Wildman–Crippen LogP) is 4.63. The van der Waals surface area contributed by atoms with Gasteiger partial charge in [-0.25, -0.2) is 4.39 Å². The van der Waals surface area contributed by atoms with E-state index in [9.17, 15) is 9.18 Å². The second-order valence-electron chi connectivity index (χ2n) is 7.82. The zero-order chi connectivity index (χ0) is 22.5. The maximum Gasteiger partial charge on any atom is 0.246 e. The molecule has 1 fully saturated rings. The van der Waals surface area contributed by atoms with Gasteiger partial charge >= 0.3 is 0 Å². The molecule has 2 atom stereocenters. The highest BCUT2D eigenvalue weighted by Gasteiger charge is 2.31. The van der Waals surface area contributed by atoms with Gasteiger partial charge in [0, 0.05) is 37.8 Å². The molecule has 0 saturated carbocycles. The van der Waals surface area contributed by atoms with Gasteiger partial charge < -0.3 is 14.4 Å². The van der Waals surface area contributed by atoms with Gasteiger partial charge in [-0.2, -0.15) is 0 Å². The molecule has 0 radical (unpaired) electrons. The molecule has 5 nitrogen and oxygen atoms in total. The Bertz CT molecular complexity index is 949. The summed E-state index contributed by atoms with van der Waals surface area (Å²) in [6, 6.07) is 10.3. The first-order valence-electron chi connectivity index (χ1n) is 10.2. The summed E-state index contributed by atoms with van der Waals surface area (Å²) >= 11 is 6.25. The lowest BCUT2D eigenvalue weighted by Crippen LogP contribution is -2.57. The third kappa shape index (κ3) is 5.57. The Hall–Kier alpha value is -2.57. The summed E-state index contributed by atoms with van der Waals surface area (Å²) in [5.74, 6) is 0.695. The Morgan fingerprint density at radius 2 is 1.84 bits per heavy atom. The topological polar surface area (TPSA) is 42.0 Å². The van der Waals surface area contributed by atoms with Gasteiger partial charge in [0.15, 0.2) is 11.5 Å². The maximum atomic E-state index is 13.2. The first-order valence-corrected chi connectivity index (χ1v) is 10.6. The lowest BCUT2D eigenvalue weighted by Gasteiger charge is -2.44. The Balaban J connectivity index is 1.66. The minimum absolute atomic E-state index is 0.0494. The van der Waals surface area contributed by atoms with E-state index >= 15 is 0 Å². The molecule has 166 valence electrons. The average molecular weight is 447 g/mol. The summed E-state index contributed by atoms with van der Waals surface area (Å²) in [5, 5.41) is 0.422. The van der Waals surface area contributed by atoms with E-state index in [1.165, 1.54) is 19.2 Å². The molecule has 0 spiro atoms. The van der Waals surface area contributed by atoms with Crippen molar-refractivity contribution in [3.05, 3.63) is 64.4 Å². The third-order valence-corrected chi connectivity index (χ3v) is 5.85. The number of ether oxygens (including phenoxy) is 2. The van der Waals surface area contributed by atoms with Crippen molar-refractivity contribution < 1.29 is 18.7 Å². The molecule has 0 aromatic heterocycles. The SMILES string of the molecule is COc1cc(/C=C/C(=O)N2CC(C)N(Cc3ccc(F)cc3)CC2C)cc(Cl)c1OC. The Morgan fingerprint density at radius 3 is 2.48 bits per heavy atom. The van der Waals surface area contributed by atoms with E-state index in [2.05, 4.69) is 11.8 Å². The molecule has 1 amide bonds. The van der Waals surface area contributed by atoms with Crippen molar-refractivity contribution in [3.8, 4) is 11.5 Å². The summed E-state index contributed by atoms with van der Waals surface area (Å²) in [4.78, 5) is 17.1. The van der Waals surface area contributed by atoms with Gasteiger partial charge in [-0.1, -0.05) is 23.7 Å². The highest BCUT2D eigenvalue weighted by atomic mass is 35.5. The molecule has 2 unspecified atom stereocenters. The molecule has 2 aromatic carbocycles. The quantitative estimate of drug-likeness (QED) is 0.607. The van der Waals surface area contributed by atoms with Crippen LogP contribution in [0.1, 0.15) is 25.0 Å². The first-order chi connectivity index (χ1) is 14.8. The van der Waals surface area contributed by atoms with Crippen molar-refractivity contribution in [2.24, 2.45) is 0 Å². The van der Waals surface area contributed by atoms with E-state index in [0.29, 0.717) is 23.1 Å². The zero-order valence-electron chi connectivity index (χ0n) is 18.3. The minimum Gasteiger partial charge on any atom is -0.493 e. The van der Waals surface area contributed by atoms with Crippen molar-refractivity contribution in [2.45, 2.75) is 32.5 Å². The van der Waals surface area contributed by atoms with Crippen molar-refractivity contribution in [1.29, 1.82) is 0 Å². The van der Waals surface area contributed by atoms with Gasteiger partial charge in [-0.3, -0.25) is 9.69 Å². The number of nitrogens with zero attached hydrogens (tertiary/aromatic N) is 2. The summed E-state index contributed by atoms with van der Waals surface area (Å²) in [6.45, 7) is 6.25. The summed E-state index contributed by atoms with van der Waals surface area (Å²) in [7, 11) is 3.07. The lowest BCUT2D eigenvalue weighted by atomic mass is 10.1. The Kier molecular flexibility index (Phi) is 7.57. The Labute approximate surface area is 188 Å². The molecule has 1 saturated heterocycles. The fraction of sp³-hybridized carbons (Fsp3) is 0.375. The molecule has 31 heavy (non-hydrogen) atoms. The van der Waals surface area contributed by atoms with Crippen LogP contribution in [0.25, 0.3) is 6.08 Å². The van der Waals surface area contributed by atoms with Crippen LogP contribution in [-0.4, -0.2) is 55.1 Å². The first kappa shape index (κ1) is 23.1. The summed E-state index contributed by atoms with van der Waals surface area (Å²) < 4.78 is 23.7. The van der Waals surface area contributed by atoms with Crippen LogP contribution in [0, 0.1) is 5.82 Å². The van der Waals surface area contributed by atoms with Gasteiger partial charge in [0.2, 0.25) is 5.91 Å². The second-order valence-corrected chi connectivity index (χ2v) is 8.22. The number of rotatable bonds is 6. The van der Waals surface area contributed by atoms with E-state index in [4.69, 9.17) is 21.1 Å². The van der Waals surface area contributed by atoms with Gasteiger partial charge in [0.25, 0.3) is 0 Å². The molecule has 2 aromatic rings. The van der Waals surface area contributed by atoms with Crippen molar-refractivity contribution in [2.75, 3.05) is 27.3 Å². The standard InChI is InChI=1S/C24H28ClFN2O3/c1-16-14-28(17(2)13-27(16)15-18-5-8-20(26)9-6-18)23(29)10-7-19-11-21(25)24(31-4)22(12-19)30-3/h5-12,16-17H,13-15H2,1-4H3/b10-7+. The van der Waals surface area contributed by atoms with E-state index in [1.54, 1.807) is 43.5 Å². The second kappa shape index (κ2) is 10.2. The van der Waals surface area contributed by atoms with Crippen LogP contribution in [0.3, 0.4) is 0 Å². The number of piperazine rings is 1. The van der Waals surface area contributed by atoms with Gasteiger partial charge in [-0.05, 0) is 55.3 Å². The average Bonchev–Trinajstić information content (AvgIpc) is 2.75. The fourth-order valence-electron chi connectivity index (χ4n) is 3.85. The van der Waals surface area contributed by atoms with Crippen LogP contribution < -0.4 is 9.47 Å². The van der Waals surface area contributed by atoms with Crippen LogP contribution in [-0.2, 0) is 11.3 Å². The molecule has 1 heterocycles. The largest absolute Gasteiger partial charge is 0.493 e. The normalized spacial score (nSPS) is 19.6. The third-order valence-electron chi connectivity index (χ3n) is 5.57. The number of carbonyl (C=O) groups excluding carboxylic acids is 1. The lowest BCUT2D eigenvalue weighted by molar-refractivity contribution is -0.131. The molecule has 1 aliphatic rings. The molecule has 1 aliphatic heterocycles. The van der Waals surface area contributed by atoms with Crippen LogP contribution in [0.15, 0.2) is 42.5 Å². The van der Waals surface area contributed by atoms with Crippen LogP contribution >= 0.6 is 11.6 Å². The number of methoxy groups -OCH3 is 2. The maximum absolute atomic E-state index is 13.2. The predicted molar refractivity (Wildman–Crippen MR) is 121 cm³/mol. The molecule has 0 aliphatic carbocycles. The monoisotopic (exact) mass is 446 g/mol. The molecular formula is C24H28ClFN2O3. The number of benzene rings is 2. The molecule has 7 heteroatoms. The van der Waals surface area contributed by atoms with Crippen molar-refractivity contribution in [3.63, 3.8) is 0 Å².